The Morgan fingerprint density at radius 3 is 2.72 bits per heavy atom. The minimum atomic E-state index is -0.774. The summed E-state index contributed by atoms with van der Waals surface area (Å²) in [5.41, 5.74) is 5.90. The minimum Gasteiger partial charge on any atom is -0.465 e. The van der Waals surface area contributed by atoms with Gasteiger partial charge in [0, 0.05) is 12.2 Å². The van der Waals surface area contributed by atoms with Crippen LogP contribution in [0.4, 0.5) is 10.1 Å². The number of nitrogens with one attached hydrogen (secondary N) is 1. The van der Waals surface area contributed by atoms with Crippen LogP contribution >= 0.6 is 12.4 Å². The highest BCUT2D eigenvalue weighted by Crippen LogP contribution is 2.20. The molecule has 0 saturated carbocycles. The van der Waals surface area contributed by atoms with Gasteiger partial charge in [-0.25, -0.2) is 9.18 Å². The maximum Gasteiger partial charge on any atom is 0.341 e. The number of rotatable bonds is 6. The van der Waals surface area contributed by atoms with E-state index in [1.165, 1.54) is 24.1 Å². The number of anilines is 1. The SMILES string of the molecule is COC(=O)c1c(C)cc(NC(=O)c2cn(CCCN)nn2)cc1F.Cl. The fraction of sp³-hybridized carbons (Fsp3) is 0.333. The molecular weight excluding hydrogens is 353 g/mol. The van der Waals surface area contributed by atoms with Gasteiger partial charge in [0.15, 0.2) is 5.69 Å². The Hall–Kier alpha value is -2.52. The molecule has 0 radical (unpaired) electrons. The molecule has 136 valence electrons. The number of carbonyl (C=O) groups excluding carboxylic acids is 2. The standard InChI is InChI=1S/C15H18FN5O3.ClH/c1-9-6-10(7-11(16)13(9)15(23)24-2)18-14(22)12-8-21(20-19-12)5-3-4-17;/h6-8H,3-5,17H2,1-2H3,(H,18,22);1H. The van der Waals surface area contributed by atoms with Crippen LogP contribution < -0.4 is 11.1 Å². The number of aryl methyl sites for hydroxylation is 2. The molecule has 8 nitrogen and oxygen atoms in total. The van der Waals surface area contributed by atoms with Crippen LogP contribution in [0.3, 0.4) is 0 Å². The first-order chi connectivity index (χ1) is 11.5. The summed E-state index contributed by atoms with van der Waals surface area (Å²) in [4.78, 5) is 23.7. The summed E-state index contributed by atoms with van der Waals surface area (Å²) in [6.45, 7) is 2.61. The number of nitrogens with zero attached hydrogens (tertiary/aromatic N) is 3. The van der Waals surface area contributed by atoms with Crippen molar-refractivity contribution in [3.63, 3.8) is 0 Å². The van der Waals surface area contributed by atoms with Crippen LogP contribution in [0.5, 0.6) is 0 Å². The third kappa shape index (κ3) is 4.97. The number of carbonyl (C=O) groups is 2. The number of halogens is 2. The molecule has 0 fully saturated rings. The van der Waals surface area contributed by atoms with Crippen molar-refractivity contribution in [2.75, 3.05) is 19.0 Å². The van der Waals surface area contributed by atoms with Gasteiger partial charge >= 0.3 is 5.97 Å². The van der Waals surface area contributed by atoms with Crippen LogP contribution in [0.1, 0.15) is 32.8 Å². The first kappa shape index (κ1) is 20.5. The molecule has 1 aromatic heterocycles. The second kappa shape index (κ2) is 9.09. The molecule has 0 aliphatic carbocycles. The third-order valence-corrected chi connectivity index (χ3v) is 3.30. The highest BCUT2D eigenvalue weighted by Gasteiger charge is 2.18. The van der Waals surface area contributed by atoms with E-state index in [0.717, 1.165) is 6.07 Å². The van der Waals surface area contributed by atoms with Crippen molar-refractivity contribution >= 4 is 30.0 Å². The van der Waals surface area contributed by atoms with Gasteiger partial charge in [-0.1, -0.05) is 5.21 Å². The molecule has 0 unspecified atom stereocenters. The van der Waals surface area contributed by atoms with Crippen molar-refractivity contribution < 1.29 is 18.7 Å². The maximum absolute atomic E-state index is 14.0. The number of amides is 1. The number of hydrogen-bond donors (Lipinski definition) is 2. The Balaban J connectivity index is 0.00000312. The first-order valence-corrected chi connectivity index (χ1v) is 7.26. The van der Waals surface area contributed by atoms with E-state index in [4.69, 9.17) is 5.73 Å². The van der Waals surface area contributed by atoms with Crippen LogP contribution in [-0.2, 0) is 11.3 Å². The zero-order valence-corrected chi connectivity index (χ0v) is 14.6. The largest absolute Gasteiger partial charge is 0.465 e. The number of hydrogen-bond acceptors (Lipinski definition) is 6. The molecule has 1 heterocycles. The van der Waals surface area contributed by atoms with Gasteiger partial charge in [0.2, 0.25) is 0 Å². The predicted molar refractivity (Wildman–Crippen MR) is 91.4 cm³/mol. The lowest BCUT2D eigenvalue weighted by molar-refractivity contribution is 0.0594. The van der Waals surface area contributed by atoms with Crippen molar-refractivity contribution in [3.8, 4) is 0 Å². The molecule has 2 aromatic rings. The van der Waals surface area contributed by atoms with E-state index < -0.39 is 17.7 Å². The number of benzene rings is 1. The van der Waals surface area contributed by atoms with Gasteiger partial charge in [-0.2, -0.15) is 0 Å². The van der Waals surface area contributed by atoms with E-state index in [9.17, 15) is 14.0 Å². The average molecular weight is 372 g/mol. The normalized spacial score (nSPS) is 10.1. The van der Waals surface area contributed by atoms with Gasteiger partial charge in [0.25, 0.3) is 5.91 Å². The van der Waals surface area contributed by atoms with Gasteiger partial charge in [-0.05, 0) is 37.6 Å². The summed E-state index contributed by atoms with van der Waals surface area (Å²) in [5, 5.41) is 10.1. The monoisotopic (exact) mass is 371 g/mol. The highest BCUT2D eigenvalue weighted by molar-refractivity contribution is 6.03. The summed E-state index contributed by atoms with van der Waals surface area (Å²) >= 11 is 0. The van der Waals surface area contributed by atoms with Gasteiger partial charge in [-0.3, -0.25) is 9.48 Å². The van der Waals surface area contributed by atoms with E-state index >= 15 is 0 Å². The van der Waals surface area contributed by atoms with Crippen LogP contribution in [0.25, 0.3) is 0 Å². The second-order valence-electron chi connectivity index (χ2n) is 5.10. The molecule has 1 amide bonds. The van der Waals surface area contributed by atoms with Crippen LogP contribution in [0.15, 0.2) is 18.3 Å². The van der Waals surface area contributed by atoms with Crippen molar-refractivity contribution in [2.24, 2.45) is 5.73 Å². The molecule has 0 spiro atoms. The second-order valence-corrected chi connectivity index (χ2v) is 5.10. The highest BCUT2D eigenvalue weighted by atomic mass is 35.5. The van der Waals surface area contributed by atoms with E-state index in [1.807, 2.05) is 0 Å². The topological polar surface area (TPSA) is 112 Å². The summed E-state index contributed by atoms with van der Waals surface area (Å²) in [6.07, 6.45) is 2.20. The third-order valence-electron chi connectivity index (χ3n) is 3.30. The molecule has 0 aliphatic rings. The fourth-order valence-electron chi connectivity index (χ4n) is 2.14. The Morgan fingerprint density at radius 1 is 1.40 bits per heavy atom. The number of methoxy groups -OCH3 is 1. The minimum absolute atomic E-state index is 0. The van der Waals surface area contributed by atoms with Gasteiger partial charge in [0.05, 0.1) is 18.9 Å². The average Bonchev–Trinajstić information content (AvgIpc) is 3.01. The lowest BCUT2D eigenvalue weighted by Crippen LogP contribution is -2.14. The number of ether oxygens (including phenoxy) is 1. The molecule has 2 rings (SSSR count). The zero-order valence-electron chi connectivity index (χ0n) is 13.8. The Labute approximate surface area is 149 Å². The first-order valence-electron chi connectivity index (χ1n) is 7.26. The number of esters is 1. The van der Waals surface area contributed by atoms with Crippen molar-refractivity contribution in [2.45, 2.75) is 19.9 Å². The molecule has 0 atom stereocenters. The zero-order chi connectivity index (χ0) is 17.7. The quantitative estimate of drug-likeness (QED) is 0.745. The Bertz CT molecular complexity index is 742. The van der Waals surface area contributed by atoms with E-state index in [2.05, 4.69) is 20.4 Å². The molecule has 1 aromatic carbocycles. The van der Waals surface area contributed by atoms with Crippen LogP contribution in [0, 0.1) is 12.7 Å². The van der Waals surface area contributed by atoms with Gasteiger partial charge < -0.3 is 15.8 Å². The summed E-state index contributed by atoms with van der Waals surface area (Å²) in [7, 11) is 1.17. The van der Waals surface area contributed by atoms with Gasteiger partial charge in [0.1, 0.15) is 5.82 Å². The Morgan fingerprint density at radius 2 is 2.12 bits per heavy atom. The smallest absolute Gasteiger partial charge is 0.341 e. The number of nitrogens with two attached hydrogens (primary N) is 1. The molecule has 0 bridgehead atoms. The predicted octanol–water partition coefficient (Wildman–Crippen LogP) is 1.54. The molecule has 0 saturated heterocycles. The van der Waals surface area contributed by atoms with Crippen LogP contribution in [-0.4, -0.2) is 40.5 Å². The van der Waals surface area contributed by atoms with E-state index in [0.29, 0.717) is 25.1 Å². The lowest BCUT2D eigenvalue weighted by Gasteiger charge is -2.09. The fourth-order valence-corrected chi connectivity index (χ4v) is 2.14. The molecule has 25 heavy (non-hydrogen) atoms. The van der Waals surface area contributed by atoms with Crippen molar-refractivity contribution in [3.05, 3.63) is 41.0 Å². The van der Waals surface area contributed by atoms with Gasteiger partial charge in [-0.15, -0.1) is 17.5 Å². The van der Waals surface area contributed by atoms with E-state index in [1.54, 1.807) is 6.92 Å². The molecule has 10 heteroatoms. The summed E-state index contributed by atoms with van der Waals surface area (Å²) in [5.74, 6) is -2.08. The van der Waals surface area contributed by atoms with E-state index in [-0.39, 0.29) is 29.4 Å². The summed E-state index contributed by atoms with van der Waals surface area (Å²) < 4.78 is 20.1. The number of aromatic nitrogens is 3. The molecule has 0 aliphatic heterocycles. The summed E-state index contributed by atoms with van der Waals surface area (Å²) in [6, 6.07) is 2.53. The molecular formula is C15H19ClFN5O3. The van der Waals surface area contributed by atoms with Crippen molar-refractivity contribution in [1.82, 2.24) is 15.0 Å². The Kier molecular flexibility index (Phi) is 7.46. The van der Waals surface area contributed by atoms with Crippen LogP contribution in [0.2, 0.25) is 0 Å². The molecule has 3 N–H and O–H groups in total. The van der Waals surface area contributed by atoms with Crippen molar-refractivity contribution in [1.29, 1.82) is 0 Å². The maximum atomic E-state index is 14.0. The lowest BCUT2D eigenvalue weighted by atomic mass is 10.1.